The van der Waals surface area contributed by atoms with Gasteiger partial charge in [-0.3, -0.25) is 4.90 Å². The Balaban J connectivity index is 1.71. The Morgan fingerprint density at radius 2 is 1.94 bits per heavy atom. The molecule has 1 fully saturated rings. The molecule has 1 N–H and O–H groups in total. The van der Waals surface area contributed by atoms with E-state index in [-0.39, 0.29) is 5.75 Å². The molecule has 1 atom stereocenters. The number of halogens is 1. The van der Waals surface area contributed by atoms with Crippen molar-refractivity contribution in [1.82, 2.24) is 14.7 Å². The van der Waals surface area contributed by atoms with Crippen LogP contribution >= 0.6 is 0 Å². The fraction of sp³-hybridized carbons (Fsp3) is 0.370. The zero-order valence-electron chi connectivity index (χ0n) is 19.2. The van der Waals surface area contributed by atoms with Crippen molar-refractivity contribution in [1.29, 1.82) is 0 Å². The molecular formula is C27H32FN3O2. The third-order valence-electron chi connectivity index (χ3n) is 5.97. The second kappa shape index (κ2) is 10.8. The zero-order valence-corrected chi connectivity index (χ0v) is 19.2. The lowest BCUT2D eigenvalue weighted by Crippen LogP contribution is -2.34. The van der Waals surface area contributed by atoms with Crippen molar-refractivity contribution < 1.29 is 14.2 Å². The number of allylic oxidation sites excluding steroid dienone is 1. The number of aliphatic hydroxyl groups excluding tert-OH is 1. The minimum absolute atomic E-state index is 0.169. The molecule has 0 bridgehead atoms. The van der Waals surface area contributed by atoms with Crippen LogP contribution in [0.2, 0.25) is 0 Å². The van der Waals surface area contributed by atoms with Gasteiger partial charge in [0.1, 0.15) is 0 Å². The maximum atomic E-state index is 14.5. The maximum absolute atomic E-state index is 14.5. The Bertz CT molecular complexity index is 1060. The molecule has 0 aliphatic heterocycles. The first-order valence-electron chi connectivity index (χ1n) is 11.7. The van der Waals surface area contributed by atoms with Gasteiger partial charge in [0.15, 0.2) is 11.6 Å². The van der Waals surface area contributed by atoms with Gasteiger partial charge in [-0.05, 0) is 56.4 Å². The third-order valence-corrected chi connectivity index (χ3v) is 5.97. The van der Waals surface area contributed by atoms with Gasteiger partial charge >= 0.3 is 0 Å². The first-order valence-corrected chi connectivity index (χ1v) is 11.7. The van der Waals surface area contributed by atoms with Crippen LogP contribution in [0.15, 0.2) is 67.3 Å². The molecule has 1 saturated carbocycles. The molecular weight excluding hydrogens is 417 g/mol. The fourth-order valence-electron chi connectivity index (χ4n) is 4.06. The highest BCUT2D eigenvalue weighted by molar-refractivity contribution is 5.44. The molecule has 1 aliphatic rings. The summed E-state index contributed by atoms with van der Waals surface area (Å²) in [6, 6.07) is 16.6. The Kier molecular flexibility index (Phi) is 7.57. The van der Waals surface area contributed by atoms with E-state index in [1.165, 1.54) is 6.07 Å². The number of nitrogens with zero attached hydrogens (tertiary/aromatic N) is 3. The van der Waals surface area contributed by atoms with Crippen LogP contribution in [-0.2, 0) is 13.0 Å². The van der Waals surface area contributed by atoms with Crippen molar-refractivity contribution in [2.75, 3.05) is 6.54 Å². The Morgan fingerprint density at radius 3 is 2.61 bits per heavy atom. The third kappa shape index (κ3) is 5.70. The van der Waals surface area contributed by atoms with Crippen molar-refractivity contribution in [3.63, 3.8) is 0 Å². The second-order valence-corrected chi connectivity index (χ2v) is 8.54. The van der Waals surface area contributed by atoms with Gasteiger partial charge in [-0.15, -0.1) is 6.58 Å². The lowest BCUT2D eigenvalue weighted by atomic mass is 10.1. The summed E-state index contributed by atoms with van der Waals surface area (Å²) in [5.41, 5.74) is 2.71. The number of hydrogen-bond donors (Lipinski definition) is 1. The van der Waals surface area contributed by atoms with Gasteiger partial charge in [0, 0.05) is 19.1 Å². The van der Waals surface area contributed by atoms with E-state index in [2.05, 4.69) is 18.4 Å². The number of aryl methyl sites for hydroxylation is 1. The fourth-order valence-corrected chi connectivity index (χ4v) is 4.06. The predicted molar refractivity (Wildman–Crippen MR) is 128 cm³/mol. The molecule has 0 spiro atoms. The number of rotatable bonds is 12. The zero-order chi connectivity index (χ0) is 23.2. The quantitative estimate of drug-likeness (QED) is 0.363. The Hall–Kier alpha value is -2.96. The molecule has 1 aromatic heterocycles. The molecule has 174 valence electrons. The second-order valence-electron chi connectivity index (χ2n) is 8.54. The van der Waals surface area contributed by atoms with Gasteiger partial charge in [-0.25, -0.2) is 9.07 Å². The van der Waals surface area contributed by atoms with Crippen molar-refractivity contribution in [2.24, 2.45) is 0 Å². The highest BCUT2D eigenvalue weighted by atomic mass is 19.1. The topological polar surface area (TPSA) is 50.5 Å². The molecule has 0 radical (unpaired) electrons. The number of aromatic nitrogens is 2. The summed E-state index contributed by atoms with van der Waals surface area (Å²) in [7, 11) is 0. The molecule has 0 saturated heterocycles. The van der Waals surface area contributed by atoms with E-state index in [4.69, 9.17) is 9.84 Å². The summed E-state index contributed by atoms with van der Waals surface area (Å²) in [5.74, 6) is 0.276. The van der Waals surface area contributed by atoms with E-state index in [9.17, 15) is 9.50 Å². The molecule has 3 aromatic rings. The molecule has 2 aromatic carbocycles. The molecule has 0 amide bonds. The highest BCUT2D eigenvalue weighted by Gasteiger charge is 2.33. The predicted octanol–water partition coefficient (Wildman–Crippen LogP) is 5.66. The minimum Gasteiger partial charge on any atom is -0.435 e. The first-order chi connectivity index (χ1) is 16.1. The summed E-state index contributed by atoms with van der Waals surface area (Å²) in [5, 5.41) is 15.4. The van der Waals surface area contributed by atoms with Gasteiger partial charge in [0.25, 0.3) is 0 Å². The van der Waals surface area contributed by atoms with Crippen LogP contribution in [0.4, 0.5) is 4.39 Å². The molecule has 33 heavy (non-hydrogen) atoms. The van der Waals surface area contributed by atoms with Crippen LogP contribution in [0.1, 0.15) is 43.9 Å². The van der Waals surface area contributed by atoms with E-state index in [1.54, 1.807) is 22.9 Å². The number of benzene rings is 2. The van der Waals surface area contributed by atoms with E-state index in [1.807, 2.05) is 36.4 Å². The Labute approximate surface area is 195 Å². The van der Waals surface area contributed by atoms with Crippen LogP contribution in [0.3, 0.4) is 0 Å². The van der Waals surface area contributed by atoms with Crippen LogP contribution in [0.25, 0.3) is 5.69 Å². The van der Waals surface area contributed by atoms with Crippen LogP contribution in [0.5, 0.6) is 11.6 Å². The normalized spacial score (nSPS) is 14.4. The van der Waals surface area contributed by atoms with E-state index < -0.39 is 11.9 Å². The largest absolute Gasteiger partial charge is 0.435 e. The number of aliphatic hydroxyl groups is 1. The molecule has 1 heterocycles. The standard InChI is InChI=1S/C27H32FN3O2/c1-3-5-13-22(32)18-30(20-16-17-20)19-23-25(4-2)29-31(21-11-7-6-8-12-21)27(23)33-26-15-10-9-14-24(26)28/h3,6-12,14-15,20,22,32H,1,4-5,13,16-19H2,2H3. The minimum atomic E-state index is -0.422. The van der Waals surface area contributed by atoms with Crippen molar-refractivity contribution in [3.05, 3.63) is 84.3 Å². The SMILES string of the molecule is C=CCCC(O)CN(Cc1c(CC)nn(-c2ccccc2)c1Oc1ccccc1F)C1CC1. The Morgan fingerprint density at radius 1 is 1.21 bits per heavy atom. The summed E-state index contributed by atoms with van der Waals surface area (Å²) < 4.78 is 22.5. The smallest absolute Gasteiger partial charge is 0.227 e. The van der Waals surface area contributed by atoms with Crippen LogP contribution < -0.4 is 4.74 Å². The molecule has 4 rings (SSSR count). The van der Waals surface area contributed by atoms with Crippen LogP contribution in [0, 0.1) is 5.82 Å². The van der Waals surface area contributed by atoms with Crippen molar-refractivity contribution in [2.45, 2.75) is 57.7 Å². The monoisotopic (exact) mass is 449 g/mol. The summed E-state index contributed by atoms with van der Waals surface area (Å²) >= 11 is 0. The van der Waals surface area contributed by atoms with Crippen molar-refractivity contribution in [3.8, 4) is 17.3 Å². The number of ether oxygens (including phenoxy) is 1. The lowest BCUT2D eigenvalue weighted by Gasteiger charge is -2.25. The average Bonchev–Trinajstić information content (AvgIpc) is 3.63. The van der Waals surface area contributed by atoms with E-state index in [0.29, 0.717) is 31.4 Å². The summed E-state index contributed by atoms with van der Waals surface area (Å²) in [4.78, 5) is 2.31. The highest BCUT2D eigenvalue weighted by Crippen LogP contribution is 2.36. The first kappa shape index (κ1) is 23.2. The van der Waals surface area contributed by atoms with Crippen molar-refractivity contribution >= 4 is 0 Å². The average molecular weight is 450 g/mol. The van der Waals surface area contributed by atoms with Gasteiger partial charge in [0.2, 0.25) is 5.88 Å². The van der Waals surface area contributed by atoms with Crippen LogP contribution in [-0.4, -0.2) is 38.5 Å². The van der Waals surface area contributed by atoms with Gasteiger partial charge in [0.05, 0.1) is 23.0 Å². The maximum Gasteiger partial charge on any atom is 0.227 e. The van der Waals surface area contributed by atoms with Gasteiger partial charge in [-0.1, -0.05) is 43.3 Å². The van der Waals surface area contributed by atoms with Gasteiger partial charge < -0.3 is 9.84 Å². The van der Waals surface area contributed by atoms with E-state index in [0.717, 1.165) is 42.6 Å². The summed E-state index contributed by atoms with van der Waals surface area (Å²) in [6.45, 7) is 6.99. The number of hydrogen-bond acceptors (Lipinski definition) is 4. The number of para-hydroxylation sites is 2. The molecule has 1 unspecified atom stereocenters. The van der Waals surface area contributed by atoms with Gasteiger partial charge in [-0.2, -0.15) is 5.10 Å². The lowest BCUT2D eigenvalue weighted by molar-refractivity contribution is 0.0974. The van der Waals surface area contributed by atoms with E-state index >= 15 is 0 Å². The molecule has 5 nitrogen and oxygen atoms in total. The summed E-state index contributed by atoms with van der Waals surface area (Å²) in [6.07, 6.45) is 5.85. The molecule has 1 aliphatic carbocycles. The molecule has 6 heteroatoms.